The summed E-state index contributed by atoms with van der Waals surface area (Å²) in [6.45, 7) is 2.02. The molecule has 0 saturated carbocycles. The van der Waals surface area contributed by atoms with Crippen LogP contribution in [0.5, 0.6) is 0 Å². The zero-order valence-electron chi connectivity index (χ0n) is 16.2. The molecule has 3 rings (SSSR count). The van der Waals surface area contributed by atoms with E-state index in [1.807, 2.05) is 42.5 Å². The molecule has 0 bridgehead atoms. The number of carbonyl (C=O) groups is 2. The van der Waals surface area contributed by atoms with Gasteiger partial charge in [-0.25, -0.2) is 4.79 Å². The second-order valence-electron chi connectivity index (χ2n) is 6.55. The molecule has 0 fully saturated rings. The monoisotopic (exact) mass is 406 g/mol. The Morgan fingerprint density at radius 2 is 2.00 bits per heavy atom. The topological polar surface area (TPSA) is 79.2 Å². The Labute approximate surface area is 174 Å². The molecule has 1 aromatic heterocycles. The first-order chi connectivity index (χ1) is 14.1. The van der Waals surface area contributed by atoms with Gasteiger partial charge in [0, 0.05) is 4.88 Å². The van der Waals surface area contributed by atoms with E-state index in [4.69, 9.17) is 4.74 Å². The maximum atomic E-state index is 12.7. The van der Waals surface area contributed by atoms with Gasteiger partial charge in [0.05, 0.1) is 12.2 Å². The van der Waals surface area contributed by atoms with Crippen LogP contribution in [0.25, 0.3) is 6.08 Å². The molecule has 1 amide bonds. The summed E-state index contributed by atoms with van der Waals surface area (Å²) in [5, 5.41) is 12.6. The lowest BCUT2D eigenvalue weighted by Crippen LogP contribution is -2.16. The minimum Gasteiger partial charge on any atom is -0.462 e. The standard InChI is InChI=1S/C23H22N2O3S/c1-2-28-23(27)20-18-13-6-7-14-19(18)29-22(20)25-21(26)17(15-24)12-8-11-16-9-4-3-5-10-16/h3-5,8-12H,2,6-7,13-14H2,1H3,(H,25,26)/b11-8+,17-12+. The molecule has 1 heterocycles. The largest absolute Gasteiger partial charge is 0.462 e. The lowest BCUT2D eigenvalue weighted by Gasteiger charge is -2.12. The number of anilines is 1. The van der Waals surface area contributed by atoms with Crippen molar-refractivity contribution in [1.82, 2.24) is 0 Å². The molecular formula is C23H22N2O3S. The number of nitriles is 1. The molecule has 2 aromatic rings. The summed E-state index contributed by atoms with van der Waals surface area (Å²) in [5.41, 5.74) is 2.36. The van der Waals surface area contributed by atoms with E-state index >= 15 is 0 Å². The van der Waals surface area contributed by atoms with E-state index in [1.54, 1.807) is 13.0 Å². The number of amides is 1. The first-order valence-electron chi connectivity index (χ1n) is 9.60. The van der Waals surface area contributed by atoms with E-state index in [0.29, 0.717) is 10.6 Å². The Kier molecular flexibility index (Phi) is 6.99. The summed E-state index contributed by atoms with van der Waals surface area (Å²) in [4.78, 5) is 26.3. The molecular weight excluding hydrogens is 384 g/mol. The third-order valence-corrected chi connectivity index (χ3v) is 5.80. The molecule has 0 saturated heterocycles. The predicted octanol–water partition coefficient (Wildman–Crippen LogP) is 4.91. The quantitative estimate of drug-likeness (QED) is 0.320. The van der Waals surface area contributed by atoms with Crippen LogP contribution in [-0.4, -0.2) is 18.5 Å². The Hall–Kier alpha value is -3.17. The third kappa shape index (κ3) is 5.01. The molecule has 1 aromatic carbocycles. The highest BCUT2D eigenvalue weighted by atomic mass is 32.1. The summed E-state index contributed by atoms with van der Waals surface area (Å²) in [7, 11) is 0. The van der Waals surface area contributed by atoms with Crippen molar-refractivity contribution in [3.63, 3.8) is 0 Å². The van der Waals surface area contributed by atoms with Crippen molar-refractivity contribution >= 4 is 34.3 Å². The van der Waals surface area contributed by atoms with Gasteiger partial charge in [0.15, 0.2) is 0 Å². The SMILES string of the molecule is CCOC(=O)c1c(NC(=O)/C(C#N)=C/C=C/c2ccccc2)sc2c1CCCC2. The number of hydrogen-bond donors (Lipinski definition) is 1. The van der Waals surface area contributed by atoms with Crippen molar-refractivity contribution < 1.29 is 14.3 Å². The van der Waals surface area contributed by atoms with Crippen LogP contribution >= 0.6 is 11.3 Å². The first kappa shape index (κ1) is 20.6. The number of allylic oxidation sites excluding steroid dienone is 2. The van der Waals surface area contributed by atoms with Crippen LogP contribution in [0.15, 0.2) is 48.1 Å². The first-order valence-corrected chi connectivity index (χ1v) is 10.4. The van der Waals surface area contributed by atoms with Crippen LogP contribution in [0.2, 0.25) is 0 Å². The zero-order valence-corrected chi connectivity index (χ0v) is 17.1. The third-order valence-electron chi connectivity index (χ3n) is 4.59. The maximum Gasteiger partial charge on any atom is 0.341 e. The minimum absolute atomic E-state index is 0.0293. The van der Waals surface area contributed by atoms with Gasteiger partial charge in [-0.2, -0.15) is 5.26 Å². The van der Waals surface area contributed by atoms with Gasteiger partial charge >= 0.3 is 5.97 Å². The number of aryl methyl sites for hydroxylation is 1. The number of carbonyl (C=O) groups excluding carboxylic acids is 2. The lowest BCUT2D eigenvalue weighted by molar-refractivity contribution is -0.112. The average Bonchev–Trinajstić information content (AvgIpc) is 3.10. The molecule has 0 atom stereocenters. The number of esters is 1. The van der Waals surface area contributed by atoms with Crippen molar-refractivity contribution in [3.8, 4) is 6.07 Å². The maximum absolute atomic E-state index is 12.7. The van der Waals surface area contributed by atoms with E-state index in [2.05, 4.69) is 5.32 Å². The van der Waals surface area contributed by atoms with Gasteiger partial charge in [-0.15, -0.1) is 11.3 Å². The fraction of sp³-hybridized carbons (Fsp3) is 0.261. The second kappa shape index (κ2) is 9.85. The number of nitrogens with one attached hydrogen (secondary N) is 1. The minimum atomic E-state index is -0.533. The Balaban J connectivity index is 1.82. The number of fused-ring (bicyclic) bond motifs is 1. The van der Waals surface area contributed by atoms with Crippen LogP contribution < -0.4 is 5.32 Å². The molecule has 29 heavy (non-hydrogen) atoms. The molecule has 6 heteroatoms. The van der Waals surface area contributed by atoms with Crippen molar-refractivity contribution in [2.45, 2.75) is 32.6 Å². The molecule has 148 valence electrons. The van der Waals surface area contributed by atoms with Gasteiger partial charge in [0.25, 0.3) is 5.91 Å². The Morgan fingerprint density at radius 1 is 1.24 bits per heavy atom. The van der Waals surface area contributed by atoms with Crippen molar-refractivity contribution in [2.75, 3.05) is 11.9 Å². The second-order valence-corrected chi connectivity index (χ2v) is 7.66. The van der Waals surface area contributed by atoms with E-state index < -0.39 is 11.9 Å². The molecule has 0 unspecified atom stereocenters. The van der Waals surface area contributed by atoms with E-state index in [-0.39, 0.29) is 12.2 Å². The molecule has 1 aliphatic rings. The van der Waals surface area contributed by atoms with Gasteiger partial charge < -0.3 is 10.1 Å². The van der Waals surface area contributed by atoms with Crippen LogP contribution in [0.1, 0.15) is 46.1 Å². The van der Waals surface area contributed by atoms with Crippen LogP contribution in [-0.2, 0) is 22.4 Å². The highest BCUT2D eigenvalue weighted by Crippen LogP contribution is 2.38. The zero-order chi connectivity index (χ0) is 20.6. The number of rotatable bonds is 6. The van der Waals surface area contributed by atoms with Gasteiger partial charge in [-0.05, 0) is 49.8 Å². The van der Waals surface area contributed by atoms with Crippen LogP contribution in [0, 0.1) is 11.3 Å². The molecule has 5 nitrogen and oxygen atoms in total. The van der Waals surface area contributed by atoms with Crippen molar-refractivity contribution in [2.24, 2.45) is 0 Å². The van der Waals surface area contributed by atoms with Crippen molar-refractivity contribution in [3.05, 3.63) is 69.6 Å². The molecule has 0 spiro atoms. The van der Waals surface area contributed by atoms with E-state index in [1.165, 1.54) is 17.4 Å². The molecule has 0 aliphatic heterocycles. The fourth-order valence-electron chi connectivity index (χ4n) is 3.23. The van der Waals surface area contributed by atoms with Gasteiger partial charge in [-0.3, -0.25) is 4.79 Å². The number of benzene rings is 1. The Morgan fingerprint density at radius 3 is 2.72 bits per heavy atom. The number of hydrogen-bond acceptors (Lipinski definition) is 5. The summed E-state index contributed by atoms with van der Waals surface area (Å²) in [6, 6.07) is 11.5. The Bertz CT molecular complexity index is 997. The van der Waals surface area contributed by atoms with Gasteiger partial charge in [0.2, 0.25) is 0 Å². The highest BCUT2D eigenvalue weighted by molar-refractivity contribution is 7.17. The lowest BCUT2D eigenvalue weighted by atomic mass is 9.95. The average molecular weight is 407 g/mol. The molecule has 1 N–H and O–H groups in total. The van der Waals surface area contributed by atoms with Gasteiger partial charge in [-0.1, -0.05) is 42.5 Å². The number of nitrogens with zero attached hydrogens (tertiary/aromatic N) is 1. The highest BCUT2D eigenvalue weighted by Gasteiger charge is 2.27. The summed E-state index contributed by atoms with van der Waals surface area (Å²) < 4.78 is 5.20. The number of thiophene rings is 1. The van der Waals surface area contributed by atoms with Crippen LogP contribution in [0.3, 0.4) is 0 Å². The van der Waals surface area contributed by atoms with Gasteiger partial charge in [0.1, 0.15) is 16.6 Å². The smallest absolute Gasteiger partial charge is 0.341 e. The summed E-state index contributed by atoms with van der Waals surface area (Å²) >= 11 is 1.41. The van der Waals surface area contributed by atoms with Crippen molar-refractivity contribution in [1.29, 1.82) is 5.26 Å². The normalized spacial score (nSPS) is 13.6. The van der Waals surface area contributed by atoms with E-state index in [9.17, 15) is 14.9 Å². The summed E-state index contributed by atoms with van der Waals surface area (Å²) in [6.07, 6.45) is 8.73. The molecule has 0 radical (unpaired) electrons. The summed E-state index contributed by atoms with van der Waals surface area (Å²) in [5.74, 6) is -0.956. The van der Waals surface area contributed by atoms with Crippen LogP contribution in [0.4, 0.5) is 5.00 Å². The number of ether oxygens (including phenoxy) is 1. The predicted molar refractivity (Wildman–Crippen MR) is 115 cm³/mol. The fourth-order valence-corrected chi connectivity index (χ4v) is 4.50. The molecule has 1 aliphatic carbocycles. The van der Waals surface area contributed by atoms with E-state index in [0.717, 1.165) is 41.7 Å².